The largest absolute Gasteiger partial charge is 0.387 e. The van der Waals surface area contributed by atoms with Crippen LogP contribution in [-0.2, 0) is 0 Å². The van der Waals surface area contributed by atoms with Crippen LogP contribution in [0.3, 0.4) is 0 Å². The number of nitrogens with zero attached hydrogens (tertiary/aromatic N) is 1. The summed E-state index contributed by atoms with van der Waals surface area (Å²) < 4.78 is 0. The van der Waals surface area contributed by atoms with Crippen LogP contribution in [0.25, 0.3) is 0 Å². The lowest BCUT2D eigenvalue weighted by atomic mass is 9.90. The maximum atomic E-state index is 5.54. The Morgan fingerprint density at radius 1 is 1.44 bits per heavy atom. The average Bonchev–Trinajstić information content (AvgIpc) is 1.80. The van der Waals surface area contributed by atoms with Gasteiger partial charge in [-0.15, -0.1) is 0 Å². The molecule has 1 heterocycles. The molecule has 0 saturated carbocycles. The summed E-state index contributed by atoms with van der Waals surface area (Å²) >= 11 is 0. The second kappa shape index (κ2) is 2.38. The molecule has 0 bridgehead atoms. The molecule has 0 spiro atoms. The number of amidine groups is 1. The summed E-state index contributed by atoms with van der Waals surface area (Å²) in [5.41, 5.74) is 5.54. The summed E-state index contributed by atoms with van der Waals surface area (Å²) in [6.45, 7) is 5.37. The Morgan fingerprint density at radius 3 is 2.56 bits per heavy atom. The van der Waals surface area contributed by atoms with Crippen LogP contribution in [0, 0.1) is 11.8 Å². The highest BCUT2D eigenvalue weighted by Gasteiger charge is 2.16. The third-order valence-electron chi connectivity index (χ3n) is 2.08. The van der Waals surface area contributed by atoms with Crippen molar-refractivity contribution in [3.8, 4) is 0 Å². The summed E-state index contributed by atoms with van der Waals surface area (Å²) in [4.78, 5) is 4.16. The van der Waals surface area contributed by atoms with E-state index in [0.717, 1.165) is 30.6 Å². The molecule has 0 aromatic rings. The van der Waals surface area contributed by atoms with Gasteiger partial charge in [0, 0.05) is 13.0 Å². The normalized spacial score (nSPS) is 36.0. The van der Waals surface area contributed by atoms with Crippen LogP contribution in [0.5, 0.6) is 0 Å². The molecule has 0 unspecified atom stereocenters. The van der Waals surface area contributed by atoms with Gasteiger partial charge in [0.05, 0.1) is 5.84 Å². The van der Waals surface area contributed by atoms with Crippen LogP contribution < -0.4 is 5.73 Å². The molecule has 2 atom stereocenters. The number of aliphatic imine (C=N–C) groups is 1. The fourth-order valence-electron chi connectivity index (χ4n) is 1.04. The molecule has 0 saturated heterocycles. The van der Waals surface area contributed by atoms with Crippen molar-refractivity contribution in [1.29, 1.82) is 0 Å². The molecule has 0 radical (unpaired) electrons. The van der Waals surface area contributed by atoms with E-state index in [0.29, 0.717) is 0 Å². The highest BCUT2D eigenvalue weighted by Crippen LogP contribution is 2.18. The van der Waals surface area contributed by atoms with Crippen molar-refractivity contribution < 1.29 is 0 Å². The molecule has 0 aromatic carbocycles. The fourth-order valence-corrected chi connectivity index (χ4v) is 1.04. The van der Waals surface area contributed by atoms with E-state index in [1.165, 1.54) is 0 Å². The molecule has 1 aliphatic rings. The maximum Gasteiger partial charge on any atom is 0.0939 e. The minimum atomic E-state index is 0.720. The zero-order valence-electron chi connectivity index (χ0n) is 6.09. The Bertz CT molecular complexity index is 129. The van der Waals surface area contributed by atoms with E-state index in [2.05, 4.69) is 18.8 Å². The van der Waals surface area contributed by atoms with E-state index in [1.807, 2.05) is 0 Å². The Morgan fingerprint density at radius 2 is 2.11 bits per heavy atom. The van der Waals surface area contributed by atoms with Crippen LogP contribution in [0.4, 0.5) is 0 Å². The van der Waals surface area contributed by atoms with Crippen molar-refractivity contribution >= 4 is 5.84 Å². The van der Waals surface area contributed by atoms with Gasteiger partial charge in [0.1, 0.15) is 0 Å². The predicted molar refractivity (Wildman–Crippen MR) is 39.4 cm³/mol. The van der Waals surface area contributed by atoms with Crippen molar-refractivity contribution in [2.75, 3.05) is 6.54 Å². The second-order valence-electron chi connectivity index (χ2n) is 2.99. The predicted octanol–water partition coefficient (Wildman–Crippen LogP) is 1.02. The Balaban J connectivity index is 2.54. The topological polar surface area (TPSA) is 38.4 Å². The lowest BCUT2D eigenvalue weighted by molar-refractivity contribution is 0.391. The average molecular weight is 126 g/mol. The minimum absolute atomic E-state index is 0.720. The van der Waals surface area contributed by atoms with E-state index < -0.39 is 0 Å². The van der Waals surface area contributed by atoms with Gasteiger partial charge in [-0.25, -0.2) is 0 Å². The quantitative estimate of drug-likeness (QED) is 0.517. The van der Waals surface area contributed by atoms with Gasteiger partial charge in [-0.05, 0) is 11.8 Å². The van der Waals surface area contributed by atoms with Gasteiger partial charge < -0.3 is 5.73 Å². The molecule has 0 aromatic heterocycles. The lowest BCUT2D eigenvalue weighted by Crippen LogP contribution is -2.26. The highest BCUT2D eigenvalue weighted by atomic mass is 14.9. The van der Waals surface area contributed by atoms with Crippen LogP contribution in [-0.4, -0.2) is 12.4 Å². The van der Waals surface area contributed by atoms with E-state index >= 15 is 0 Å². The Labute approximate surface area is 56.2 Å². The summed E-state index contributed by atoms with van der Waals surface area (Å²) in [6, 6.07) is 0. The van der Waals surface area contributed by atoms with Gasteiger partial charge in [0.2, 0.25) is 0 Å². The van der Waals surface area contributed by atoms with Crippen molar-refractivity contribution in [3.63, 3.8) is 0 Å². The third-order valence-corrected chi connectivity index (χ3v) is 2.08. The zero-order chi connectivity index (χ0) is 6.85. The smallest absolute Gasteiger partial charge is 0.0939 e. The van der Waals surface area contributed by atoms with Gasteiger partial charge in [0.25, 0.3) is 0 Å². The van der Waals surface area contributed by atoms with E-state index in [9.17, 15) is 0 Å². The molecular formula is C7H14N2. The Hall–Kier alpha value is -0.530. The van der Waals surface area contributed by atoms with Crippen LogP contribution >= 0.6 is 0 Å². The molecule has 1 rings (SSSR count). The zero-order valence-corrected chi connectivity index (χ0v) is 6.09. The minimum Gasteiger partial charge on any atom is -0.387 e. The summed E-state index contributed by atoms with van der Waals surface area (Å²) in [7, 11) is 0. The number of nitrogens with two attached hydrogens (primary N) is 1. The summed E-state index contributed by atoms with van der Waals surface area (Å²) in [5.74, 6) is 2.28. The molecule has 52 valence electrons. The number of rotatable bonds is 0. The van der Waals surface area contributed by atoms with Gasteiger partial charge in [-0.1, -0.05) is 13.8 Å². The van der Waals surface area contributed by atoms with Crippen LogP contribution in [0.15, 0.2) is 4.99 Å². The molecule has 2 nitrogen and oxygen atoms in total. The standard InChI is InChI=1S/C7H14N2/c1-5-3-7(8)9-4-6(5)2/h5-6H,3-4H2,1-2H3,(H2,8,9)/t5-,6-/m0/s1. The maximum absolute atomic E-state index is 5.54. The monoisotopic (exact) mass is 126 g/mol. The molecular weight excluding hydrogens is 112 g/mol. The number of hydrogen-bond acceptors (Lipinski definition) is 2. The highest BCUT2D eigenvalue weighted by molar-refractivity contribution is 5.81. The van der Waals surface area contributed by atoms with Crippen molar-refractivity contribution in [2.45, 2.75) is 20.3 Å². The first-order chi connectivity index (χ1) is 4.20. The lowest BCUT2D eigenvalue weighted by Gasteiger charge is -2.22. The molecule has 0 aliphatic carbocycles. The van der Waals surface area contributed by atoms with Gasteiger partial charge in [-0.3, -0.25) is 4.99 Å². The van der Waals surface area contributed by atoms with Crippen LogP contribution in [0.1, 0.15) is 20.3 Å². The number of hydrogen-bond donors (Lipinski definition) is 1. The second-order valence-corrected chi connectivity index (χ2v) is 2.99. The summed E-state index contributed by atoms with van der Waals surface area (Å²) in [6.07, 6.45) is 0.987. The molecule has 1 aliphatic heterocycles. The molecule has 0 fully saturated rings. The molecule has 2 N–H and O–H groups in total. The van der Waals surface area contributed by atoms with E-state index in [4.69, 9.17) is 5.73 Å². The molecule has 9 heavy (non-hydrogen) atoms. The summed E-state index contributed by atoms with van der Waals surface area (Å²) in [5, 5.41) is 0. The van der Waals surface area contributed by atoms with E-state index in [1.54, 1.807) is 0 Å². The molecule has 2 heteroatoms. The first-order valence-electron chi connectivity index (χ1n) is 3.49. The Kier molecular flexibility index (Phi) is 1.74. The van der Waals surface area contributed by atoms with Gasteiger partial charge in [-0.2, -0.15) is 0 Å². The SMILES string of the molecule is C[C@H]1CN=C(N)C[C@@H]1C. The van der Waals surface area contributed by atoms with Crippen molar-refractivity contribution in [2.24, 2.45) is 22.6 Å². The molecule has 0 amide bonds. The first kappa shape index (κ1) is 6.59. The van der Waals surface area contributed by atoms with Crippen molar-refractivity contribution in [3.05, 3.63) is 0 Å². The van der Waals surface area contributed by atoms with E-state index in [-0.39, 0.29) is 0 Å². The van der Waals surface area contributed by atoms with Crippen LogP contribution in [0.2, 0.25) is 0 Å². The van der Waals surface area contributed by atoms with Crippen molar-refractivity contribution in [1.82, 2.24) is 0 Å². The third kappa shape index (κ3) is 1.44. The van der Waals surface area contributed by atoms with Gasteiger partial charge in [0.15, 0.2) is 0 Å². The fraction of sp³-hybridized carbons (Fsp3) is 0.857. The first-order valence-corrected chi connectivity index (χ1v) is 3.49. The van der Waals surface area contributed by atoms with Gasteiger partial charge >= 0.3 is 0 Å².